The van der Waals surface area contributed by atoms with Crippen LogP contribution in [0.1, 0.15) is 37.7 Å². The summed E-state index contributed by atoms with van der Waals surface area (Å²) in [5, 5.41) is 3.58. The second-order valence-electron chi connectivity index (χ2n) is 5.82. The van der Waals surface area contributed by atoms with Crippen molar-refractivity contribution in [2.45, 2.75) is 38.1 Å². The molecule has 0 bridgehead atoms. The Balaban J connectivity index is 1.75. The summed E-state index contributed by atoms with van der Waals surface area (Å²) in [5.74, 6) is 3.02. The molecule has 2 aliphatic rings. The molecule has 1 N–H and O–H groups in total. The third-order valence-electron chi connectivity index (χ3n) is 4.04. The van der Waals surface area contributed by atoms with E-state index in [1.165, 1.54) is 31.0 Å². The van der Waals surface area contributed by atoms with Gasteiger partial charge in [-0.15, -0.1) is 6.42 Å². The van der Waals surface area contributed by atoms with Gasteiger partial charge in [0.05, 0.1) is 10.9 Å². The van der Waals surface area contributed by atoms with Crippen molar-refractivity contribution in [3.8, 4) is 18.1 Å². The molecule has 24 heavy (non-hydrogen) atoms. The monoisotopic (exact) mass is 340 g/mol. The second kappa shape index (κ2) is 8.07. The summed E-state index contributed by atoms with van der Waals surface area (Å²) in [6, 6.07) is 7.88. The van der Waals surface area contributed by atoms with Crippen LogP contribution in [0.15, 0.2) is 34.2 Å². The molecular weight excluding hydrogens is 320 g/mol. The van der Waals surface area contributed by atoms with Crippen LogP contribution in [0.4, 0.5) is 0 Å². The Morgan fingerprint density at radius 2 is 2.12 bits per heavy atom. The number of hydrogen-bond acceptors (Lipinski definition) is 4. The van der Waals surface area contributed by atoms with E-state index >= 15 is 0 Å². The van der Waals surface area contributed by atoms with Crippen molar-refractivity contribution in [1.29, 1.82) is 0 Å². The molecule has 1 aliphatic carbocycles. The van der Waals surface area contributed by atoms with E-state index in [1.807, 2.05) is 30.3 Å². The van der Waals surface area contributed by atoms with Gasteiger partial charge in [0, 0.05) is 5.56 Å². The maximum Gasteiger partial charge on any atom is 0.264 e. The summed E-state index contributed by atoms with van der Waals surface area (Å²) in [4.78, 5) is 17.5. The van der Waals surface area contributed by atoms with Gasteiger partial charge in [-0.05, 0) is 36.7 Å². The average Bonchev–Trinajstić information content (AvgIpc) is 2.94. The van der Waals surface area contributed by atoms with Crippen LogP contribution in [0, 0.1) is 12.3 Å². The van der Waals surface area contributed by atoms with Crippen molar-refractivity contribution in [3.05, 3.63) is 34.7 Å². The first-order chi connectivity index (χ1) is 11.8. The zero-order valence-electron chi connectivity index (χ0n) is 13.5. The van der Waals surface area contributed by atoms with Gasteiger partial charge in [-0.3, -0.25) is 9.79 Å². The highest BCUT2D eigenvalue weighted by Gasteiger charge is 2.25. The maximum absolute atomic E-state index is 12.2. The van der Waals surface area contributed by atoms with Gasteiger partial charge in [-0.2, -0.15) is 0 Å². The highest BCUT2D eigenvalue weighted by atomic mass is 32.2. The normalized spacial score (nSPS) is 21.7. The number of nitrogens with one attached hydrogen (secondary N) is 1. The molecule has 0 unspecified atom stereocenters. The van der Waals surface area contributed by atoms with E-state index in [-0.39, 0.29) is 12.5 Å². The summed E-state index contributed by atoms with van der Waals surface area (Å²) in [7, 11) is 0. The van der Waals surface area contributed by atoms with Crippen LogP contribution >= 0.6 is 11.8 Å². The second-order valence-corrected chi connectivity index (χ2v) is 6.85. The van der Waals surface area contributed by atoms with Crippen LogP contribution in [0.2, 0.25) is 0 Å². The zero-order valence-corrected chi connectivity index (χ0v) is 14.3. The Kier molecular flexibility index (Phi) is 5.60. The summed E-state index contributed by atoms with van der Waals surface area (Å²) in [5.41, 5.74) is 0.837. The average molecular weight is 340 g/mol. The molecule has 4 nitrogen and oxygen atoms in total. The molecule has 3 rings (SSSR count). The fourth-order valence-corrected chi connectivity index (χ4v) is 3.74. The number of carbonyl (C=O) groups excluding carboxylic acids is 1. The molecule has 1 saturated carbocycles. The summed E-state index contributed by atoms with van der Waals surface area (Å²) >= 11 is 1.39. The number of terminal acetylenes is 1. The Morgan fingerprint density at radius 1 is 1.33 bits per heavy atom. The number of amides is 1. The largest absolute Gasteiger partial charge is 0.480 e. The number of aliphatic imine (C=N–C) groups is 1. The molecule has 1 aromatic rings. The van der Waals surface area contributed by atoms with Gasteiger partial charge >= 0.3 is 0 Å². The van der Waals surface area contributed by atoms with Crippen molar-refractivity contribution in [2.75, 3.05) is 6.61 Å². The lowest BCUT2D eigenvalue weighted by Gasteiger charge is -2.17. The van der Waals surface area contributed by atoms with E-state index in [9.17, 15) is 4.79 Å². The molecule has 1 heterocycles. The highest BCUT2D eigenvalue weighted by molar-refractivity contribution is 8.18. The smallest absolute Gasteiger partial charge is 0.264 e. The number of ether oxygens (including phenoxy) is 1. The Morgan fingerprint density at radius 3 is 2.92 bits per heavy atom. The first-order valence-electron chi connectivity index (χ1n) is 8.20. The van der Waals surface area contributed by atoms with Gasteiger partial charge in [-0.25, -0.2) is 0 Å². The van der Waals surface area contributed by atoms with E-state index < -0.39 is 0 Å². The number of para-hydroxylation sites is 1. The maximum atomic E-state index is 12.2. The van der Waals surface area contributed by atoms with Gasteiger partial charge in [-0.1, -0.05) is 43.4 Å². The number of thioether (sulfide) groups is 1. The predicted molar refractivity (Wildman–Crippen MR) is 98.8 cm³/mol. The van der Waals surface area contributed by atoms with E-state index in [0.29, 0.717) is 21.9 Å². The van der Waals surface area contributed by atoms with Crippen LogP contribution < -0.4 is 10.1 Å². The van der Waals surface area contributed by atoms with E-state index in [0.717, 1.165) is 18.4 Å². The molecule has 1 saturated heterocycles. The fourth-order valence-electron chi connectivity index (χ4n) is 2.86. The van der Waals surface area contributed by atoms with E-state index in [1.54, 1.807) is 0 Å². The third-order valence-corrected chi connectivity index (χ3v) is 4.97. The summed E-state index contributed by atoms with van der Waals surface area (Å²) in [6.07, 6.45) is 13.0. The lowest BCUT2D eigenvalue weighted by Crippen LogP contribution is -2.22. The number of rotatable bonds is 4. The van der Waals surface area contributed by atoms with Crippen molar-refractivity contribution in [3.63, 3.8) is 0 Å². The molecule has 5 heteroatoms. The number of carbonyl (C=O) groups is 1. The minimum absolute atomic E-state index is 0.110. The van der Waals surface area contributed by atoms with E-state index in [4.69, 9.17) is 16.2 Å². The molecule has 0 radical (unpaired) electrons. The quantitative estimate of drug-likeness (QED) is 0.673. The fraction of sp³-hybridized carbons (Fsp3) is 0.368. The Bertz CT molecular complexity index is 712. The van der Waals surface area contributed by atoms with Crippen molar-refractivity contribution in [2.24, 2.45) is 4.99 Å². The SMILES string of the molecule is C#CCOc1ccccc1/C=C1\SC(=NC2CCCCC2)NC1=O. The minimum atomic E-state index is -0.110. The van der Waals surface area contributed by atoms with Crippen LogP contribution in [-0.2, 0) is 4.79 Å². The van der Waals surface area contributed by atoms with Gasteiger partial charge < -0.3 is 10.1 Å². The number of hydrogen-bond donors (Lipinski definition) is 1. The molecule has 2 fully saturated rings. The predicted octanol–water partition coefficient (Wildman–Crippen LogP) is 3.59. The van der Waals surface area contributed by atoms with Crippen LogP contribution in [-0.4, -0.2) is 23.7 Å². The number of nitrogens with zero attached hydrogens (tertiary/aromatic N) is 1. The van der Waals surface area contributed by atoms with Gasteiger partial charge in [0.15, 0.2) is 5.17 Å². The van der Waals surface area contributed by atoms with Crippen molar-refractivity contribution < 1.29 is 9.53 Å². The topological polar surface area (TPSA) is 50.7 Å². The molecule has 1 aliphatic heterocycles. The molecule has 0 spiro atoms. The zero-order chi connectivity index (χ0) is 16.8. The molecule has 1 aromatic carbocycles. The van der Waals surface area contributed by atoms with Gasteiger partial charge in [0.2, 0.25) is 0 Å². The highest BCUT2D eigenvalue weighted by Crippen LogP contribution is 2.30. The van der Waals surface area contributed by atoms with Crippen molar-refractivity contribution in [1.82, 2.24) is 5.32 Å². The van der Waals surface area contributed by atoms with Gasteiger partial charge in [0.25, 0.3) is 5.91 Å². The van der Waals surface area contributed by atoms with E-state index in [2.05, 4.69) is 11.2 Å². The minimum Gasteiger partial charge on any atom is -0.480 e. The molecule has 1 amide bonds. The first-order valence-corrected chi connectivity index (χ1v) is 9.02. The number of benzene rings is 1. The molecule has 0 atom stereocenters. The Hall–Kier alpha value is -2.19. The lowest BCUT2D eigenvalue weighted by molar-refractivity contribution is -0.115. The molecule has 124 valence electrons. The summed E-state index contributed by atoms with van der Waals surface area (Å²) < 4.78 is 5.53. The van der Waals surface area contributed by atoms with Crippen molar-refractivity contribution >= 4 is 28.9 Å². The first kappa shape index (κ1) is 16.7. The lowest BCUT2D eigenvalue weighted by atomic mass is 9.96. The molecule has 0 aromatic heterocycles. The van der Waals surface area contributed by atoms with Gasteiger partial charge in [0.1, 0.15) is 12.4 Å². The van der Waals surface area contributed by atoms with Crippen LogP contribution in [0.5, 0.6) is 5.75 Å². The standard InChI is InChI=1S/C19H20N2O2S/c1-2-12-23-16-11-7-6-8-14(16)13-17-18(22)21-19(24-17)20-15-9-4-3-5-10-15/h1,6-8,11,13,15H,3-5,9-10,12H2,(H,20,21,22)/b17-13-. The summed E-state index contributed by atoms with van der Waals surface area (Å²) in [6.45, 7) is 0.202. The molecular formula is C19H20N2O2S. The van der Waals surface area contributed by atoms with Crippen LogP contribution in [0.3, 0.4) is 0 Å². The Labute approximate surface area is 146 Å². The third kappa shape index (κ3) is 4.21. The van der Waals surface area contributed by atoms with Crippen LogP contribution in [0.25, 0.3) is 6.08 Å². The number of amidine groups is 1.